The summed E-state index contributed by atoms with van der Waals surface area (Å²) in [6.45, 7) is 4.74. The Bertz CT molecular complexity index is 1880. The summed E-state index contributed by atoms with van der Waals surface area (Å²) in [5, 5.41) is 48.8. The van der Waals surface area contributed by atoms with Gasteiger partial charge in [-0.05, 0) is 39.2 Å². The molecule has 4 heterocycles. The third-order valence-electron chi connectivity index (χ3n) is 8.97. The third kappa shape index (κ3) is 7.87. The zero-order chi connectivity index (χ0) is 38.1. The summed E-state index contributed by atoms with van der Waals surface area (Å²) in [6.07, 6.45) is 2.72. The minimum absolute atomic E-state index is 0.00521. The maximum Gasteiger partial charge on any atom is 0.352 e. The molecule has 17 nitrogen and oxygen atoms in total. The largest absolute Gasteiger partial charge is 0.503 e. The summed E-state index contributed by atoms with van der Waals surface area (Å²) in [4.78, 5) is 74.5. The Labute approximate surface area is 315 Å². The highest BCUT2D eigenvalue weighted by Crippen LogP contribution is 2.42. The van der Waals surface area contributed by atoms with E-state index in [9.17, 15) is 44.4 Å². The van der Waals surface area contributed by atoms with Crippen molar-refractivity contribution in [3.8, 4) is 11.5 Å². The number of halogens is 2. The van der Waals surface area contributed by atoms with Gasteiger partial charge in [0, 0.05) is 16.7 Å². The van der Waals surface area contributed by atoms with Crippen LogP contribution in [-0.2, 0) is 24.0 Å². The molecule has 1 aromatic heterocycles. The molecule has 2 atom stereocenters. The number of carbonyl (C=O) groups excluding carboxylic acids is 3. The maximum atomic E-state index is 13.5. The number of thiazole rings is 1. The number of amides is 3. The maximum absolute atomic E-state index is 13.5. The fourth-order valence-electron chi connectivity index (χ4n) is 6.13. The van der Waals surface area contributed by atoms with Crippen molar-refractivity contribution in [2.45, 2.75) is 50.1 Å². The van der Waals surface area contributed by atoms with Crippen LogP contribution in [0.15, 0.2) is 27.9 Å². The first-order valence-electron chi connectivity index (χ1n) is 15.9. The van der Waals surface area contributed by atoms with Gasteiger partial charge in [0.25, 0.3) is 17.7 Å². The summed E-state index contributed by atoms with van der Waals surface area (Å²) < 4.78 is 0.443. The van der Waals surface area contributed by atoms with Crippen molar-refractivity contribution >= 4 is 86.8 Å². The fourth-order valence-corrected chi connectivity index (χ4v) is 8.44. The van der Waals surface area contributed by atoms with Gasteiger partial charge in [0.15, 0.2) is 22.3 Å². The second kappa shape index (κ2) is 15.4. The number of oxime groups is 1. The van der Waals surface area contributed by atoms with Crippen molar-refractivity contribution in [1.82, 2.24) is 20.5 Å². The van der Waals surface area contributed by atoms with Gasteiger partial charge in [0.05, 0.1) is 41.8 Å². The highest BCUT2D eigenvalue weighted by atomic mass is 35.5. The number of anilines is 1. The first-order chi connectivity index (χ1) is 24.5. The number of quaternary nitrogens is 1. The number of hydrogen-bond acceptors (Lipinski definition) is 13. The fraction of sp³-hybridized carbons (Fsp3) is 0.452. The number of nitrogens with zero attached hydrogens (tertiary/aromatic N) is 4. The second-order valence-corrected chi connectivity index (χ2v) is 15.7. The average molecular weight is 802 g/mol. The van der Waals surface area contributed by atoms with Crippen LogP contribution in [-0.4, -0.2) is 126 Å². The number of aromatic nitrogens is 1. The number of rotatable bonds is 13. The number of aromatic hydroxyl groups is 2. The van der Waals surface area contributed by atoms with Gasteiger partial charge < -0.3 is 46.1 Å². The number of β-lactam (4-membered cyclic amide) rings is 1. The Balaban J connectivity index is 1.31. The molecule has 0 spiro atoms. The highest BCUT2D eigenvalue weighted by Gasteiger charge is 2.55. The molecule has 280 valence electrons. The molecule has 0 bridgehead atoms. The van der Waals surface area contributed by atoms with Gasteiger partial charge in [0.1, 0.15) is 29.4 Å². The van der Waals surface area contributed by atoms with Crippen LogP contribution in [0.1, 0.15) is 49.2 Å². The Morgan fingerprint density at radius 3 is 2.46 bits per heavy atom. The van der Waals surface area contributed by atoms with Gasteiger partial charge in [0.2, 0.25) is 5.60 Å². The van der Waals surface area contributed by atoms with E-state index in [-0.39, 0.29) is 44.4 Å². The molecule has 0 aliphatic carbocycles. The molecule has 0 radical (unpaired) electrons. The number of carboxylic acids is 2. The summed E-state index contributed by atoms with van der Waals surface area (Å²) >= 11 is 14.3. The number of nitrogens with one attached hydrogen (secondary N) is 2. The number of likely N-dealkylation sites (tertiary alicyclic amines) is 1. The minimum Gasteiger partial charge on any atom is -0.503 e. The van der Waals surface area contributed by atoms with E-state index in [4.69, 9.17) is 33.8 Å². The molecule has 2 aromatic rings. The number of carboxylic acid groups (broad SMARTS) is 2. The van der Waals surface area contributed by atoms with E-state index in [0.717, 1.165) is 41.6 Å². The summed E-state index contributed by atoms with van der Waals surface area (Å²) in [5.41, 5.74) is 3.75. The first kappa shape index (κ1) is 38.9. The number of phenols is 2. The van der Waals surface area contributed by atoms with Crippen LogP contribution >= 0.6 is 46.3 Å². The van der Waals surface area contributed by atoms with E-state index < -0.39 is 63.9 Å². The van der Waals surface area contributed by atoms with Gasteiger partial charge in [-0.1, -0.05) is 28.4 Å². The summed E-state index contributed by atoms with van der Waals surface area (Å²) in [5.74, 6) is -5.93. The Kier molecular flexibility index (Phi) is 11.5. The topological polar surface area (TPSA) is 254 Å². The second-order valence-electron chi connectivity index (χ2n) is 12.9. The van der Waals surface area contributed by atoms with Crippen LogP contribution in [0.4, 0.5) is 5.13 Å². The number of carbonyl (C=O) groups is 5. The van der Waals surface area contributed by atoms with E-state index in [1.807, 2.05) is 0 Å². The van der Waals surface area contributed by atoms with E-state index in [0.29, 0.717) is 36.2 Å². The number of nitrogens with two attached hydrogens (primary N) is 1. The minimum atomic E-state index is -1.80. The molecule has 2 fully saturated rings. The first-order valence-corrected chi connectivity index (χ1v) is 18.6. The van der Waals surface area contributed by atoms with Gasteiger partial charge >= 0.3 is 11.9 Å². The van der Waals surface area contributed by atoms with Gasteiger partial charge in [-0.2, -0.15) is 0 Å². The number of fused-ring (bicyclic) bond motifs is 1. The van der Waals surface area contributed by atoms with Crippen LogP contribution < -0.4 is 16.4 Å². The number of piperidine rings is 1. The van der Waals surface area contributed by atoms with Crippen molar-refractivity contribution in [3.63, 3.8) is 0 Å². The molecule has 21 heteroatoms. The van der Waals surface area contributed by atoms with Gasteiger partial charge in [-0.15, -0.1) is 23.1 Å². The average Bonchev–Trinajstić information content (AvgIpc) is 3.53. The lowest BCUT2D eigenvalue weighted by molar-refractivity contribution is -0.927. The van der Waals surface area contributed by atoms with E-state index in [1.54, 1.807) is 0 Å². The zero-order valence-electron chi connectivity index (χ0n) is 27.9. The Morgan fingerprint density at radius 2 is 1.85 bits per heavy atom. The van der Waals surface area contributed by atoms with Crippen molar-refractivity contribution in [2.75, 3.05) is 44.2 Å². The van der Waals surface area contributed by atoms with Crippen LogP contribution in [0.5, 0.6) is 11.5 Å². The normalized spacial score (nSPS) is 20.1. The molecule has 0 saturated carbocycles. The highest BCUT2D eigenvalue weighted by molar-refractivity contribution is 8.00. The number of nitrogen functional groups attached to an aromatic ring is 1. The lowest BCUT2D eigenvalue weighted by Crippen LogP contribution is -2.71. The lowest BCUT2D eigenvalue weighted by atomic mass is 10.00. The number of phenolic OH excluding ortho intramolecular Hbond substituents is 2. The van der Waals surface area contributed by atoms with Crippen LogP contribution in [0, 0.1) is 0 Å². The molecule has 1 aromatic carbocycles. The lowest BCUT2D eigenvalue weighted by Gasteiger charge is -2.50. The van der Waals surface area contributed by atoms with E-state index >= 15 is 0 Å². The van der Waals surface area contributed by atoms with Crippen molar-refractivity contribution in [2.24, 2.45) is 5.16 Å². The van der Waals surface area contributed by atoms with Gasteiger partial charge in [-0.25, -0.2) is 14.6 Å². The Hall–Kier alpha value is -4.30. The third-order valence-corrected chi connectivity index (χ3v) is 11.7. The van der Waals surface area contributed by atoms with Crippen LogP contribution in [0.3, 0.4) is 0 Å². The molecular weight excluding hydrogens is 765 g/mol. The molecule has 3 amide bonds. The summed E-state index contributed by atoms with van der Waals surface area (Å²) in [6, 6.07) is 0.0186. The number of aliphatic carboxylic acids is 2. The molecule has 2 saturated heterocycles. The van der Waals surface area contributed by atoms with Gasteiger partial charge in [-0.3, -0.25) is 19.3 Å². The Morgan fingerprint density at radius 1 is 1.15 bits per heavy atom. The number of hydrogen-bond donors (Lipinski definition) is 7. The van der Waals surface area contributed by atoms with E-state index in [1.165, 1.54) is 31.0 Å². The number of thioether (sulfide) groups is 1. The molecule has 5 rings (SSSR count). The zero-order valence-corrected chi connectivity index (χ0v) is 31.0. The molecule has 0 unspecified atom stereocenters. The quantitative estimate of drug-likeness (QED) is 0.0505. The molecule has 8 N–H and O–H groups in total. The SMILES string of the molecule is CC(C)(O/N=C(\C(=O)N[C@@H]1C(=O)N2C(C(=O)O)=C(C[N+]3(CCNC(=O)c4cc(Cl)c(O)c(O)c4Cl)CCCCC3)CS[C@H]12)c1csc(N)n1)C(=O)O. The molecular formula is C31H36Cl2N7O10S2+. The van der Waals surface area contributed by atoms with Crippen LogP contribution in [0.25, 0.3) is 0 Å². The molecule has 3 aliphatic heterocycles. The predicted octanol–water partition coefficient (Wildman–Crippen LogP) is 2.20. The van der Waals surface area contributed by atoms with Crippen molar-refractivity contribution < 1.29 is 53.7 Å². The smallest absolute Gasteiger partial charge is 0.352 e. The van der Waals surface area contributed by atoms with Crippen molar-refractivity contribution in [1.29, 1.82) is 0 Å². The summed E-state index contributed by atoms with van der Waals surface area (Å²) in [7, 11) is 0. The van der Waals surface area contributed by atoms with Crippen molar-refractivity contribution in [3.05, 3.63) is 44.0 Å². The number of benzene rings is 1. The van der Waals surface area contributed by atoms with Crippen LogP contribution in [0.2, 0.25) is 10.0 Å². The monoisotopic (exact) mass is 800 g/mol. The predicted molar refractivity (Wildman–Crippen MR) is 191 cm³/mol. The van der Waals surface area contributed by atoms with E-state index in [2.05, 4.69) is 20.8 Å². The standard InChI is InChI=1S/C31H35Cl2N7O10S2/c1-31(2,29(48)49)50-38-19(17-13-52-30(34)36-17)25(44)37-20-26(45)39-21(28(46)47)14(12-51-27(20)39)11-40(7-4-3-5-8-40)9-6-35-24(43)15-10-16(32)22(41)23(42)18(15)33/h10,13,20,27H,3-9,11-12H2,1-2H3,(H7-,34,35,36,37,38,41,42,43,44,46,47,48,49)/p+1/t20-,27-/m1/s1. The molecule has 3 aliphatic rings. The molecule has 52 heavy (non-hydrogen) atoms.